The molecule has 0 saturated carbocycles. The number of carbonyl (C=O) groups is 2. The van der Waals surface area contributed by atoms with Crippen LogP contribution in [0.3, 0.4) is 0 Å². The number of allylic oxidation sites excluding steroid dienone is 1. The van der Waals surface area contributed by atoms with Crippen molar-refractivity contribution in [1.82, 2.24) is 4.90 Å². The number of anilines is 2. The molecule has 6 heteroatoms. The Bertz CT molecular complexity index is 1130. The second kappa shape index (κ2) is 9.10. The van der Waals surface area contributed by atoms with Gasteiger partial charge in [-0.15, -0.1) is 0 Å². The molecule has 0 spiro atoms. The molecular formula is C28H32ClN3O2. The van der Waals surface area contributed by atoms with Crippen LogP contribution in [-0.4, -0.2) is 36.2 Å². The van der Waals surface area contributed by atoms with E-state index in [0.29, 0.717) is 11.4 Å². The van der Waals surface area contributed by atoms with Crippen LogP contribution in [-0.2, 0) is 9.59 Å². The molecule has 1 amide bonds. The molecule has 1 aliphatic carbocycles. The number of rotatable bonds is 3. The van der Waals surface area contributed by atoms with Gasteiger partial charge in [-0.25, -0.2) is 0 Å². The van der Waals surface area contributed by atoms with Gasteiger partial charge in [0.1, 0.15) is 0 Å². The van der Waals surface area contributed by atoms with Gasteiger partial charge in [0.25, 0.3) is 0 Å². The van der Waals surface area contributed by atoms with E-state index < -0.39 is 0 Å². The third-order valence-corrected chi connectivity index (χ3v) is 7.46. The fraction of sp³-hybridized carbons (Fsp3) is 0.429. The molecule has 1 fully saturated rings. The number of hydrogen-bond donors (Lipinski definition) is 1. The zero-order valence-electron chi connectivity index (χ0n) is 19.9. The zero-order chi connectivity index (χ0) is 23.9. The van der Waals surface area contributed by atoms with Crippen LogP contribution >= 0.6 is 11.6 Å². The van der Waals surface area contributed by atoms with Gasteiger partial charge in [-0.3, -0.25) is 9.59 Å². The maximum Gasteiger partial charge on any atom is 0.242 e. The molecule has 2 heterocycles. The first kappa shape index (κ1) is 23.0. The SMILES string of the molecule is CC1(C)CC(=O)C2=C(C1)Nc1ccccc1N(CC(=O)N1CCCCC1)[C@@H]2c1ccc(Cl)cc1. The van der Waals surface area contributed by atoms with Gasteiger partial charge in [0, 0.05) is 35.8 Å². The summed E-state index contributed by atoms with van der Waals surface area (Å²) in [7, 11) is 0. The Morgan fingerprint density at radius 2 is 1.74 bits per heavy atom. The van der Waals surface area contributed by atoms with E-state index in [1.54, 1.807) is 0 Å². The van der Waals surface area contributed by atoms with Gasteiger partial charge in [0.2, 0.25) is 5.91 Å². The summed E-state index contributed by atoms with van der Waals surface area (Å²) in [5.41, 5.74) is 4.44. The highest BCUT2D eigenvalue weighted by atomic mass is 35.5. The number of likely N-dealkylation sites (tertiary alicyclic amines) is 1. The van der Waals surface area contributed by atoms with Crippen molar-refractivity contribution in [1.29, 1.82) is 0 Å². The van der Waals surface area contributed by atoms with E-state index in [-0.39, 0.29) is 29.7 Å². The smallest absolute Gasteiger partial charge is 0.242 e. The maximum absolute atomic E-state index is 13.7. The lowest BCUT2D eigenvalue weighted by Crippen LogP contribution is -2.45. The number of nitrogens with one attached hydrogen (secondary N) is 1. The third kappa shape index (κ3) is 4.46. The first-order chi connectivity index (χ1) is 16.3. The van der Waals surface area contributed by atoms with Gasteiger partial charge in [-0.1, -0.05) is 49.7 Å². The molecule has 2 aromatic carbocycles. The molecule has 5 rings (SSSR count). The van der Waals surface area contributed by atoms with Crippen molar-refractivity contribution in [2.45, 2.75) is 52.0 Å². The Kier molecular flexibility index (Phi) is 6.15. The number of fused-ring (bicyclic) bond motifs is 1. The summed E-state index contributed by atoms with van der Waals surface area (Å²) < 4.78 is 0. The number of ketones is 1. The van der Waals surface area contributed by atoms with Crippen LogP contribution in [0.15, 0.2) is 59.8 Å². The van der Waals surface area contributed by atoms with Crippen molar-refractivity contribution in [3.05, 3.63) is 70.4 Å². The molecule has 0 bridgehead atoms. The molecule has 0 unspecified atom stereocenters. The molecule has 0 radical (unpaired) electrons. The molecule has 3 aliphatic rings. The minimum Gasteiger partial charge on any atom is -0.357 e. The van der Waals surface area contributed by atoms with Crippen LogP contribution in [0, 0.1) is 5.41 Å². The summed E-state index contributed by atoms with van der Waals surface area (Å²) in [6.45, 7) is 6.11. The molecule has 0 aromatic heterocycles. The lowest BCUT2D eigenvalue weighted by Gasteiger charge is -2.39. The van der Waals surface area contributed by atoms with Gasteiger partial charge in [-0.2, -0.15) is 0 Å². The quantitative estimate of drug-likeness (QED) is 0.591. The molecule has 1 saturated heterocycles. The largest absolute Gasteiger partial charge is 0.357 e. The summed E-state index contributed by atoms with van der Waals surface area (Å²) in [6, 6.07) is 15.4. The summed E-state index contributed by atoms with van der Waals surface area (Å²) in [6.07, 6.45) is 4.54. The Labute approximate surface area is 206 Å². The van der Waals surface area contributed by atoms with Crippen molar-refractivity contribution in [2.75, 3.05) is 29.9 Å². The Hall–Kier alpha value is -2.79. The molecule has 2 aromatic rings. The number of Topliss-reactive ketones (excluding diaryl/α,β-unsaturated/α-hetero) is 1. The number of piperidine rings is 1. The van der Waals surface area contributed by atoms with Crippen molar-refractivity contribution in [3.63, 3.8) is 0 Å². The summed E-state index contributed by atoms with van der Waals surface area (Å²) in [5.74, 6) is 0.253. The van der Waals surface area contributed by atoms with Crippen molar-refractivity contribution >= 4 is 34.7 Å². The van der Waals surface area contributed by atoms with Crippen LogP contribution in [0.2, 0.25) is 5.02 Å². The van der Waals surface area contributed by atoms with Crippen LogP contribution in [0.5, 0.6) is 0 Å². The van der Waals surface area contributed by atoms with Gasteiger partial charge in [0.15, 0.2) is 5.78 Å². The Morgan fingerprint density at radius 3 is 2.47 bits per heavy atom. The highest BCUT2D eigenvalue weighted by molar-refractivity contribution is 6.30. The highest BCUT2D eigenvalue weighted by Gasteiger charge is 2.42. The van der Waals surface area contributed by atoms with Gasteiger partial charge in [0.05, 0.1) is 24.0 Å². The monoisotopic (exact) mass is 477 g/mol. The number of halogens is 1. The lowest BCUT2D eigenvalue weighted by atomic mass is 9.73. The summed E-state index contributed by atoms with van der Waals surface area (Å²) in [4.78, 5) is 31.3. The predicted molar refractivity (Wildman–Crippen MR) is 137 cm³/mol. The molecule has 1 N–H and O–H groups in total. The number of carbonyl (C=O) groups excluding carboxylic acids is 2. The number of nitrogens with zero attached hydrogens (tertiary/aromatic N) is 2. The van der Waals surface area contributed by atoms with E-state index in [2.05, 4.69) is 24.1 Å². The fourth-order valence-electron chi connectivity index (χ4n) is 5.61. The fourth-order valence-corrected chi connectivity index (χ4v) is 5.73. The average molecular weight is 478 g/mol. The Balaban J connectivity index is 1.66. The number of amides is 1. The topological polar surface area (TPSA) is 52.7 Å². The molecule has 2 aliphatic heterocycles. The molecule has 1 atom stereocenters. The van der Waals surface area contributed by atoms with Crippen LogP contribution in [0.1, 0.15) is 57.6 Å². The van der Waals surface area contributed by atoms with Crippen molar-refractivity contribution in [3.8, 4) is 0 Å². The van der Waals surface area contributed by atoms with E-state index in [9.17, 15) is 9.59 Å². The van der Waals surface area contributed by atoms with Crippen molar-refractivity contribution in [2.24, 2.45) is 5.41 Å². The highest BCUT2D eigenvalue weighted by Crippen LogP contribution is 2.48. The van der Waals surface area contributed by atoms with Gasteiger partial charge < -0.3 is 15.1 Å². The number of para-hydroxylation sites is 2. The zero-order valence-corrected chi connectivity index (χ0v) is 20.7. The first-order valence-electron chi connectivity index (χ1n) is 12.2. The van der Waals surface area contributed by atoms with E-state index in [4.69, 9.17) is 11.6 Å². The number of benzene rings is 2. The van der Waals surface area contributed by atoms with Gasteiger partial charge in [-0.05, 0) is 60.9 Å². The van der Waals surface area contributed by atoms with Crippen LogP contribution in [0.25, 0.3) is 0 Å². The summed E-state index contributed by atoms with van der Waals surface area (Å²) >= 11 is 6.22. The normalized spacial score (nSPS) is 22.0. The standard InChI is InChI=1S/C28H32ClN3O2/c1-28(2)16-22-26(24(33)17-28)27(19-10-12-20(29)13-11-19)32(23-9-5-4-8-21(23)30-22)18-25(34)31-14-6-3-7-15-31/h4-5,8-13,27,30H,3,6-7,14-18H2,1-2H3/t27-/m1/s1. The van der Waals surface area contributed by atoms with E-state index in [0.717, 1.165) is 60.6 Å². The molecule has 178 valence electrons. The maximum atomic E-state index is 13.7. The second-order valence-corrected chi connectivity index (χ2v) is 10.9. The van der Waals surface area contributed by atoms with E-state index >= 15 is 0 Å². The van der Waals surface area contributed by atoms with Gasteiger partial charge >= 0.3 is 0 Å². The molecule has 34 heavy (non-hydrogen) atoms. The van der Waals surface area contributed by atoms with Crippen LogP contribution < -0.4 is 10.2 Å². The minimum atomic E-state index is -0.360. The van der Waals surface area contributed by atoms with E-state index in [1.165, 1.54) is 6.42 Å². The number of hydrogen-bond acceptors (Lipinski definition) is 4. The van der Waals surface area contributed by atoms with Crippen molar-refractivity contribution < 1.29 is 9.59 Å². The Morgan fingerprint density at radius 1 is 1.03 bits per heavy atom. The first-order valence-corrected chi connectivity index (χ1v) is 12.6. The molecular weight excluding hydrogens is 446 g/mol. The molecule has 5 nitrogen and oxygen atoms in total. The predicted octanol–water partition coefficient (Wildman–Crippen LogP) is 5.97. The third-order valence-electron chi connectivity index (χ3n) is 7.20. The summed E-state index contributed by atoms with van der Waals surface area (Å²) in [5, 5.41) is 4.26. The average Bonchev–Trinajstić information content (AvgIpc) is 2.94. The minimum absolute atomic E-state index is 0.112. The lowest BCUT2D eigenvalue weighted by molar-refractivity contribution is -0.130. The van der Waals surface area contributed by atoms with E-state index in [1.807, 2.05) is 53.4 Å². The second-order valence-electron chi connectivity index (χ2n) is 10.5. The van der Waals surface area contributed by atoms with Crippen LogP contribution in [0.4, 0.5) is 11.4 Å².